The number of likely N-dealkylation sites (N-methyl/N-ethyl adjacent to an activating group) is 1. The molecule has 0 aromatic heterocycles. The van der Waals surface area contributed by atoms with Crippen molar-refractivity contribution in [1.29, 1.82) is 0 Å². The fourth-order valence-corrected chi connectivity index (χ4v) is 4.31. The summed E-state index contributed by atoms with van der Waals surface area (Å²) in [5, 5.41) is 5.89. The monoisotopic (exact) mass is 457 g/mol. The number of carbonyl (C=O) groups is 3. The summed E-state index contributed by atoms with van der Waals surface area (Å²) < 4.78 is 5.39. The van der Waals surface area contributed by atoms with Crippen LogP contribution >= 0.6 is 0 Å². The van der Waals surface area contributed by atoms with E-state index < -0.39 is 12.0 Å². The zero-order valence-corrected chi connectivity index (χ0v) is 20.1. The largest absolute Gasteiger partial charge is 0.463 e. The van der Waals surface area contributed by atoms with Gasteiger partial charge in [0, 0.05) is 51.0 Å². The molecule has 4 amide bonds. The molecule has 2 atom stereocenters. The lowest BCUT2D eigenvalue weighted by molar-refractivity contribution is -0.139. The second-order valence-corrected chi connectivity index (χ2v) is 8.81. The number of amides is 4. The highest BCUT2D eigenvalue weighted by molar-refractivity contribution is 5.95. The summed E-state index contributed by atoms with van der Waals surface area (Å²) in [7, 11) is 1.67. The predicted octanol–water partition coefficient (Wildman–Crippen LogP) is 2.32. The topological polar surface area (TPSA) is 94.2 Å². The van der Waals surface area contributed by atoms with E-state index in [1.54, 1.807) is 14.0 Å². The molecule has 2 heterocycles. The van der Waals surface area contributed by atoms with Crippen LogP contribution in [-0.4, -0.2) is 84.6 Å². The molecule has 1 fully saturated rings. The number of nitrogens with one attached hydrogen (secondary N) is 2. The van der Waals surface area contributed by atoms with Crippen LogP contribution in [0, 0.1) is 0 Å². The molecular weight excluding hydrogens is 422 g/mol. The average Bonchev–Trinajstić information content (AvgIpc) is 2.77. The highest BCUT2D eigenvalue weighted by atomic mass is 16.5. The van der Waals surface area contributed by atoms with E-state index in [1.165, 1.54) is 4.90 Å². The first-order valence-corrected chi connectivity index (χ1v) is 11.5. The van der Waals surface area contributed by atoms with Gasteiger partial charge < -0.3 is 20.3 Å². The molecule has 1 aromatic carbocycles. The maximum Gasteiger partial charge on any atom is 0.338 e. The van der Waals surface area contributed by atoms with E-state index in [2.05, 4.69) is 15.5 Å². The molecule has 0 bridgehead atoms. The van der Waals surface area contributed by atoms with Crippen molar-refractivity contribution in [3.63, 3.8) is 0 Å². The summed E-state index contributed by atoms with van der Waals surface area (Å²) in [5.41, 5.74) is 1.89. The minimum Gasteiger partial charge on any atom is -0.463 e. The van der Waals surface area contributed by atoms with Gasteiger partial charge in [-0.15, -0.1) is 0 Å². The molecule has 9 heteroatoms. The highest BCUT2D eigenvalue weighted by Crippen LogP contribution is 2.31. The Morgan fingerprint density at radius 2 is 1.91 bits per heavy atom. The van der Waals surface area contributed by atoms with Gasteiger partial charge in [0.25, 0.3) is 0 Å². The van der Waals surface area contributed by atoms with E-state index in [4.69, 9.17) is 4.74 Å². The summed E-state index contributed by atoms with van der Waals surface area (Å²) in [5.74, 6) is -0.434. The van der Waals surface area contributed by atoms with E-state index >= 15 is 0 Å². The zero-order chi connectivity index (χ0) is 24.1. The Kier molecular flexibility index (Phi) is 7.97. The van der Waals surface area contributed by atoms with E-state index in [0.29, 0.717) is 37.4 Å². The van der Waals surface area contributed by atoms with Crippen LogP contribution in [0.2, 0.25) is 0 Å². The molecule has 0 spiro atoms. The Hall–Kier alpha value is -3.07. The molecule has 0 unspecified atom stereocenters. The fraction of sp³-hybridized carbons (Fsp3) is 0.542. The maximum absolute atomic E-state index is 13.1. The summed E-state index contributed by atoms with van der Waals surface area (Å²) >= 11 is 0. The molecular formula is C24H35N5O4. The number of ether oxygens (including phenoxy) is 1. The molecule has 0 aliphatic carbocycles. The van der Waals surface area contributed by atoms with Gasteiger partial charge in [0.05, 0.1) is 18.2 Å². The summed E-state index contributed by atoms with van der Waals surface area (Å²) in [6, 6.07) is 8.59. The third-order valence-corrected chi connectivity index (χ3v) is 5.96. The van der Waals surface area contributed by atoms with Gasteiger partial charge in [-0.25, -0.2) is 14.4 Å². The number of carbonyl (C=O) groups excluding carboxylic acids is 3. The van der Waals surface area contributed by atoms with Crippen molar-refractivity contribution in [2.75, 3.05) is 39.8 Å². The van der Waals surface area contributed by atoms with Gasteiger partial charge in [-0.2, -0.15) is 0 Å². The van der Waals surface area contributed by atoms with E-state index in [1.807, 2.05) is 56.0 Å². The standard InChI is InChI=1S/C24H35N5O4/c1-6-33-22(30)20-19(27(5)23(31)26-21(20)18-10-8-7-9-11-18)15-28-12-13-29(17(4)14-28)24(32)25-16(2)3/h7-11,16-17,21H,6,12-15H2,1-5H3,(H,25,32)(H,26,31)/t17-,21+/m0/s1. The summed E-state index contributed by atoms with van der Waals surface area (Å²) in [6.45, 7) is 10.2. The normalized spacial score (nSPS) is 21.8. The van der Waals surface area contributed by atoms with E-state index in [0.717, 1.165) is 5.56 Å². The number of hydrogen-bond donors (Lipinski definition) is 2. The number of piperazine rings is 1. The lowest BCUT2D eigenvalue weighted by atomic mass is 9.94. The molecule has 180 valence electrons. The Labute approximate surface area is 195 Å². The lowest BCUT2D eigenvalue weighted by Gasteiger charge is -2.42. The first-order valence-electron chi connectivity index (χ1n) is 11.5. The lowest BCUT2D eigenvalue weighted by Crippen LogP contribution is -2.58. The van der Waals surface area contributed by atoms with Gasteiger partial charge in [0.1, 0.15) is 0 Å². The third-order valence-electron chi connectivity index (χ3n) is 5.96. The smallest absolute Gasteiger partial charge is 0.338 e. The summed E-state index contributed by atoms with van der Waals surface area (Å²) in [6.07, 6.45) is 0. The van der Waals surface area contributed by atoms with Crippen molar-refractivity contribution in [2.24, 2.45) is 0 Å². The number of esters is 1. The number of nitrogens with zero attached hydrogens (tertiary/aromatic N) is 3. The Morgan fingerprint density at radius 3 is 2.52 bits per heavy atom. The third kappa shape index (κ3) is 5.65. The van der Waals surface area contributed by atoms with Gasteiger partial charge in [-0.3, -0.25) is 9.80 Å². The van der Waals surface area contributed by atoms with Crippen molar-refractivity contribution >= 4 is 18.0 Å². The van der Waals surface area contributed by atoms with Crippen molar-refractivity contribution < 1.29 is 19.1 Å². The minimum absolute atomic E-state index is 0.00298. The molecule has 2 aliphatic rings. The van der Waals surface area contributed by atoms with Crippen LogP contribution < -0.4 is 10.6 Å². The molecule has 33 heavy (non-hydrogen) atoms. The fourth-order valence-electron chi connectivity index (χ4n) is 4.31. The van der Waals surface area contributed by atoms with Gasteiger partial charge in [0.2, 0.25) is 0 Å². The number of urea groups is 2. The van der Waals surface area contributed by atoms with Gasteiger partial charge >= 0.3 is 18.0 Å². The SMILES string of the molecule is CCOC(=O)C1=C(CN2CCN(C(=O)NC(C)C)[C@@H](C)C2)N(C)C(=O)N[C@@H]1c1ccccc1. The first-order chi connectivity index (χ1) is 15.7. The first kappa shape index (κ1) is 24.6. The number of rotatable bonds is 6. The van der Waals surface area contributed by atoms with Crippen LogP contribution in [0.5, 0.6) is 0 Å². The van der Waals surface area contributed by atoms with Gasteiger partial charge in [-0.1, -0.05) is 30.3 Å². The molecule has 0 radical (unpaired) electrons. The number of benzene rings is 1. The van der Waals surface area contributed by atoms with Crippen LogP contribution in [0.15, 0.2) is 41.6 Å². The van der Waals surface area contributed by atoms with Crippen molar-refractivity contribution in [3.8, 4) is 0 Å². The van der Waals surface area contributed by atoms with Crippen LogP contribution in [0.25, 0.3) is 0 Å². The van der Waals surface area contributed by atoms with Crippen molar-refractivity contribution in [3.05, 3.63) is 47.2 Å². The van der Waals surface area contributed by atoms with E-state index in [9.17, 15) is 14.4 Å². The van der Waals surface area contributed by atoms with Crippen LogP contribution in [0.4, 0.5) is 9.59 Å². The molecule has 3 rings (SSSR count). The van der Waals surface area contributed by atoms with Crippen molar-refractivity contribution in [2.45, 2.75) is 45.8 Å². The van der Waals surface area contributed by atoms with Gasteiger partial charge in [0.15, 0.2) is 0 Å². The average molecular weight is 458 g/mol. The quantitative estimate of drug-likeness (QED) is 0.640. The molecule has 2 aliphatic heterocycles. The molecule has 1 saturated heterocycles. The van der Waals surface area contributed by atoms with Crippen LogP contribution in [-0.2, 0) is 9.53 Å². The van der Waals surface area contributed by atoms with Crippen LogP contribution in [0.3, 0.4) is 0 Å². The predicted molar refractivity (Wildman–Crippen MR) is 125 cm³/mol. The van der Waals surface area contributed by atoms with Crippen LogP contribution in [0.1, 0.15) is 39.3 Å². The second kappa shape index (κ2) is 10.7. The molecule has 0 saturated carbocycles. The Morgan fingerprint density at radius 1 is 1.21 bits per heavy atom. The maximum atomic E-state index is 13.1. The summed E-state index contributed by atoms with van der Waals surface area (Å²) in [4.78, 5) is 43.9. The number of hydrogen-bond acceptors (Lipinski definition) is 5. The van der Waals surface area contributed by atoms with Gasteiger partial charge in [-0.05, 0) is 33.3 Å². The van der Waals surface area contributed by atoms with Crippen molar-refractivity contribution in [1.82, 2.24) is 25.3 Å². The zero-order valence-electron chi connectivity index (χ0n) is 20.1. The highest BCUT2D eigenvalue weighted by Gasteiger charge is 2.38. The molecule has 9 nitrogen and oxygen atoms in total. The molecule has 1 aromatic rings. The Balaban J connectivity index is 1.88. The Bertz CT molecular complexity index is 901. The second-order valence-electron chi connectivity index (χ2n) is 8.81. The minimum atomic E-state index is -0.584. The van der Waals surface area contributed by atoms with E-state index in [-0.39, 0.29) is 30.8 Å². The molecule has 2 N–H and O–H groups in total.